The molecule has 0 spiro atoms. The molecule has 0 amide bonds. The first-order chi connectivity index (χ1) is 8.50. The van der Waals surface area contributed by atoms with Crippen LogP contribution in [0.4, 0.5) is 0 Å². The molecule has 3 heteroatoms. The van der Waals surface area contributed by atoms with Gasteiger partial charge in [-0.3, -0.25) is 0 Å². The van der Waals surface area contributed by atoms with Crippen LogP contribution in [0.2, 0.25) is 14.8 Å². The summed E-state index contributed by atoms with van der Waals surface area (Å²) in [6.45, 7) is 2.28. The minimum atomic E-state index is -1.83. The van der Waals surface area contributed by atoms with Gasteiger partial charge in [0.1, 0.15) is 0 Å². The zero-order valence-corrected chi connectivity index (χ0v) is 16.5. The Morgan fingerprint density at radius 3 is 2.28 bits per heavy atom. The third kappa shape index (κ3) is 3.73. The average molecular weight is 387 g/mol. The van der Waals surface area contributed by atoms with Crippen LogP contribution in [0, 0.1) is 0 Å². The maximum atomic E-state index is 2.51. The molecule has 2 aromatic rings. The number of hydrogen-bond acceptors (Lipinski definition) is 2. The summed E-state index contributed by atoms with van der Waals surface area (Å²) in [5.41, 5.74) is 0. The summed E-state index contributed by atoms with van der Waals surface area (Å²) in [5, 5.41) is 0. The van der Waals surface area contributed by atoms with E-state index >= 15 is 0 Å². The molecule has 0 saturated carbocycles. The van der Waals surface area contributed by atoms with Gasteiger partial charge in [-0.15, -0.1) is 0 Å². The topological polar surface area (TPSA) is 0 Å². The van der Waals surface area contributed by atoms with Crippen molar-refractivity contribution in [3.8, 4) is 0 Å². The van der Waals surface area contributed by atoms with E-state index in [9.17, 15) is 0 Å². The van der Waals surface area contributed by atoms with Crippen molar-refractivity contribution in [1.82, 2.24) is 0 Å². The van der Waals surface area contributed by atoms with Gasteiger partial charge in [0.25, 0.3) is 0 Å². The van der Waals surface area contributed by atoms with Gasteiger partial charge in [0, 0.05) is 0 Å². The van der Waals surface area contributed by atoms with E-state index in [0.717, 1.165) is 0 Å². The molecule has 0 aliphatic carbocycles. The number of aryl methyl sites for hydroxylation is 1. The van der Waals surface area contributed by atoms with E-state index in [1.165, 1.54) is 32.1 Å². The summed E-state index contributed by atoms with van der Waals surface area (Å²) >= 11 is 2.28. The van der Waals surface area contributed by atoms with Crippen LogP contribution >= 0.6 is 22.7 Å². The second kappa shape index (κ2) is 6.27. The van der Waals surface area contributed by atoms with Crippen molar-refractivity contribution >= 4 is 53.3 Å². The fourth-order valence-corrected chi connectivity index (χ4v) is 10.1. The molecule has 0 nitrogen and oxygen atoms in total. The SMILES string of the molecule is CCCCCCc1cc2s[c]([Sn]([CH3])([CH3])[CH3])cc2s1. The van der Waals surface area contributed by atoms with Gasteiger partial charge in [0.15, 0.2) is 0 Å². The first-order valence-corrected chi connectivity index (χ1v) is 18.7. The van der Waals surface area contributed by atoms with E-state index in [2.05, 4.69) is 45.2 Å². The predicted molar refractivity (Wildman–Crippen MR) is 90.5 cm³/mol. The predicted octanol–water partition coefficient (Wildman–Crippen LogP) is 5.63. The molecule has 0 fully saturated rings. The summed E-state index contributed by atoms with van der Waals surface area (Å²) in [7, 11) is 0. The number of rotatable bonds is 6. The Labute approximate surface area is 123 Å². The van der Waals surface area contributed by atoms with Gasteiger partial charge in [-0.05, 0) is 0 Å². The Kier molecular flexibility index (Phi) is 5.18. The van der Waals surface area contributed by atoms with Crippen LogP contribution in [-0.2, 0) is 6.42 Å². The second-order valence-corrected chi connectivity index (χ2v) is 23.8. The molecule has 18 heavy (non-hydrogen) atoms. The number of fused-ring (bicyclic) bond motifs is 1. The Balaban J connectivity index is 2.03. The van der Waals surface area contributed by atoms with Crippen LogP contribution in [0.1, 0.15) is 37.5 Å². The van der Waals surface area contributed by atoms with Crippen LogP contribution in [0.25, 0.3) is 9.40 Å². The van der Waals surface area contributed by atoms with Gasteiger partial charge < -0.3 is 0 Å². The molecule has 0 atom stereocenters. The Hall–Kier alpha value is 0.459. The molecule has 100 valence electrons. The summed E-state index contributed by atoms with van der Waals surface area (Å²) in [6.07, 6.45) is 6.78. The van der Waals surface area contributed by atoms with Crippen LogP contribution in [-0.4, -0.2) is 18.4 Å². The summed E-state index contributed by atoms with van der Waals surface area (Å²) in [6, 6.07) is 4.95. The maximum absolute atomic E-state index is 2.51. The third-order valence-corrected chi connectivity index (χ3v) is 15.1. The zero-order valence-electron chi connectivity index (χ0n) is 12.0. The van der Waals surface area contributed by atoms with Gasteiger partial charge in [-0.1, -0.05) is 0 Å². The van der Waals surface area contributed by atoms with Gasteiger partial charge in [-0.25, -0.2) is 0 Å². The minimum absolute atomic E-state index is 1.29. The molecule has 0 saturated heterocycles. The van der Waals surface area contributed by atoms with Gasteiger partial charge >= 0.3 is 124 Å². The first-order valence-electron chi connectivity index (χ1n) is 7.03. The van der Waals surface area contributed by atoms with Crippen LogP contribution in [0.5, 0.6) is 0 Å². The van der Waals surface area contributed by atoms with Crippen molar-refractivity contribution in [2.24, 2.45) is 0 Å². The molecular weight excluding hydrogens is 363 g/mol. The van der Waals surface area contributed by atoms with Gasteiger partial charge in [0.2, 0.25) is 0 Å². The van der Waals surface area contributed by atoms with Crippen molar-refractivity contribution < 1.29 is 0 Å². The fourth-order valence-electron chi connectivity index (χ4n) is 2.10. The standard InChI is InChI=1S/C12H15S2.3CH3.Sn/c1-2-3-4-5-6-10-9-12-11(14-10)7-8-13-12;;;;/h7,9H,2-6H2,1H3;3*1H3;. The molecular formula is C15H24S2Sn. The van der Waals surface area contributed by atoms with Gasteiger partial charge in [0.05, 0.1) is 0 Å². The average Bonchev–Trinajstić information content (AvgIpc) is 2.80. The number of unbranched alkanes of at least 4 members (excludes halogenated alkanes) is 3. The van der Waals surface area contributed by atoms with Crippen molar-refractivity contribution in [2.75, 3.05) is 0 Å². The molecule has 2 rings (SSSR count). The quantitative estimate of drug-likeness (QED) is 0.445. The molecule has 0 aliphatic rings. The van der Waals surface area contributed by atoms with E-state index in [1.807, 2.05) is 11.3 Å². The van der Waals surface area contributed by atoms with Crippen molar-refractivity contribution in [2.45, 2.75) is 53.8 Å². The van der Waals surface area contributed by atoms with Gasteiger partial charge in [-0.2, -0.15) is 0 Å². The summed E-state index contributed by atoms with van der Waals surface area (Å²) in [4.78, 5) is 9.13. The molecule has 0 bridgehead atoms. The molecule has 0 radical (unpaired) electrons. The molecule has 0 unspecified atom stereocenters. The van der Waals surface area contributed by atoms with Crippen LogP contribution in [0.15, 0.2) is 12.1 Å². The van der Waals surface area contributed by atoms with Crippen molar-refractivity contribution in [1.29, 1.82) is 0 Å². The number of thiophene rings is 2. The van der Waals surface area contributed by atoms with Crippen LogP contribution in [0.3, 0.4) is 0 Å². The molecule has 2 heterocycles. The first kappa shape index (κ1) is 14.9. The van der Waals surface area contributed by atoms with E-state index < -0.39 is 18.4 Å². The normalized spacial score (nSPS) is 12.4. The number of hydrogen-bond donors (Lipinski definition) is 0. The molecule has 0 N–H and O–H groups in total. The van der Waals surface area contributed by atoms with Crippen molar-refractivity contribution in [3.63, 3.8) is 0 Å². The fraction of sp³-hybridized carbons (Fsp3) is 0.600. The molecule has 0 aromatic carbocycles. The van der Waals surface area contributed by atoms with Crippen molar-refractivity contribution in [3.05, 3.63) is 17.0 Å². The van der Waals surface area contributed by atoms with E-state index in [0.29, 0.717) is 0 Å². The van der Waals surface area contributed by atoms with E-state index in [4.69, 9.17) is 0 Å². The third-order valence-electron chi connectivity index (χ3n) is 3.27. The second-order valence-electron chi connectivity index (χ2n) is 6.11. The Morgan fingerprint density at radius 2 is 1.67 bits per heavy atom. The molecule has 0 aliphatic heterocycles. The zero-order chi connectivity index (χ0) is 13.2. The monoisotopic (exact) mass is 388 g/mol. The van der Waals surface area contributed by atoms with Crippen LogP contribution < -0.4 is 2.89 Å². The van der Waals surface area contributed by atoms with E-state index in [-0.39, 0.29) is 0 Å². The Morgan fingerprint density at radius 1 is 0.944 bits per heavy atom. The molecule has 2 aromatic heterocycles. The van der Waals surface area contributed by atoms with E-state index in [1.54, 1.807) is 17.2 Å². The summed E-state index contributed by atoms with van der Waals surface area (Å²) < 4.78 is 4.82. The summed E-state index contributed by atoms with van der Waals surface area (Å²) in [5.74, 6) is 0. The Bertz CT molecular complexity index is 471.